The van der Waals surface area contributed by atoms with E-state index in [1.165, 1.54) is 10.4 Å². The Hall–Kier alpha value is -2.21. The van der Waals surface area contributed by atoms with Gasteiger partial charge in [0.2, 0.25) is 0 Å². The average Bonchev–Trinajstić information content (AvgIpc) is 3.15. The summed E-state index contributed by atoms with van der Waals surface area (Å²) in [4.78, 5) is 16.1. The second-order valence-electron chi connectivity index (χ2n) is 6.33. The molecule has 2 amide bonds. The van der Waals surface area contributed by atoms with E-state index >= 15 is 0 Å². The predicted molar refractivity (Wildman–Crippen MR) is 104 cm³/mol. The maximum atomic E-state index is 12.7. The molecular weight excluding hydrogens is 348 g/mol. The van der Waals surface area contributed by atoms with Crippen molar-refractivity contribution in [3.8, 4) is 11.5 Å². The van der Waals surface area contributed by atoms with Crippen LogP contribution in [0.4, 0.5) is 4.79 Å². The normalized spacial score (nSPS) is 16.1. The lowest BCUT2D eigenvalue weighted by atomic mass is 9.98. The van der Waals surface area contributed by atoms with Crippen molar-refractivity contribution in [2.45, 2.75) is 32.2 Å². The Kier molecular flexibility index (Phi) is 6.04. The van der Waals surface area contributed by atoms with Crippen LogP contribution in [0.25, 0.3) is 0 Å². The number of hydrogen-bond donors (Lipinski definition) is 1. The van der Waals surface area contributed by atoms with Gasteiger partial charge >= 0.3 is 6.03 Å². The molecule has 0 bridgehead atoms. The van der Waals surface area contributed by atoms with E-state index in [4.69, 9.17) is 9.47 Å². The van der Waals surface area contributed by atoms with Gasteiger partial charge in [-0.25, -0.2) is 4.79 Å². The number of methoxy groups -OCH3 is 2. The first-order valence-electron chi connectivity index (χ1n) is 8.99. The zero-order valence-electron chi connectivity index (χ0n) is 15.6. The molecule has 2 aromatic rings. The van der Waals surface area contributed by atoms with Crippen LogP contribution in [0.15, 0.2) is 29.6 Å². The van der Waals surface area contributed by atoms with E-state index in [2.05, 4.69) is 23.7 Å². The lowest BCUT2D eigenvalue weighted by Crippen LogP contribution is -2.45. The number of carbonyl (C=O) groups excluding carboxylic acids is 1. The largest absolute Gasteiger partial charge is 0.497 e. The number of amides is 2. The molecule has 1 aliphatic rings. The zero-order valence-corrected chi connectivity index (χ0v) is 16.4. The molecule has 6 heteroatoms. The highest BCUT2D eigenvalue weighted by molar-refractivity contribution is 7.10. The summed E-state index contributed by atoms with van der Waals surface area (Å²) < 4.78 is 10.7. The van der Waals surface area contributed by atoms with Gasteiger partial charge in [0, 0.05) is 18.0 Å². The highest BCUT2D eigenvalue weighted by Crippen LogP contribution is 2.35. The fraction of sp³-hybridized carbons (Fsp3) is 0.450. The Balaban J connectivity index is 1.61. The summed E-state index contributed by atoms with van der Waals surface area (Å²) in [6.07, 6.45) is 2.57. The molecule has 1 N–H and O–H groups in total. The lowest BCUT2D eigenvalue weighted by molar-refractivity contribution is 0.168. The molecule has 2 heterocycles. The van der Waals surface area contributed by atoms with Gasteiger partial charge in [-0.2, -0.15) is 0 Å². The second-order valence-corrected chi connectivity index (χ2v) is 7.33. The minimum atomic E-state index is 0.00978. The summed E-state index contributed by atoms with van der Waals surface area (Å²) >= 11 is 1.80. The van der Waals surface area contributed by atoms with Crippen molar-refractivity contribution in [2.24, 2.45) is 0 Å². The minimum absolute atomic E-state index is 0.00978. The van der Waals surface area contributed by atoms with Gasteiger partial charge in [-0.3, -0.25) is 0 Å². The number of urea groups is 1. The van der Waals surface area contributed by atoms with Gasteiger partial charge in [-0.1, -0.05) is 6.92 Å². The number of ether oxygens (including phenoxy) is 2. The fourth-order valence-corrected chi connectivity index (χ4v) is 4.49. The molecule has 140 valence electrons. The van der Waals surface area contributed by atoms with E-state index in [0.29, 0.717) is 13.0 Å². The van der Waals surface area contributed by atoms with E-state index < -0.39 is 0 Å². The molecule has 5 nitrogen and oxygen atoms in total. The molecule has 0 radical (unpaired) electrons. The highest BCUT2D eigenvalue weighted by Gasteiger charge is 2.30. The van der Waals surface area contributed by atoms with Gasteiger partial charge in [-0.05, 0) is 60.0 Å². The number of thiophene rings is 1. The third-order valence-corrected chi connectivity index (χ3v) is 5.90. The van der Waals surface area contributed by atoms with Gasteiger partial charge < -0.3 is 19.7 Å². The molecule has 1 aliphatic heterocycles. The summed E-state index contributed by atoms with van der Waals surface area (Å²) in [7, 11) is 3.30. The molecule has 1 aromatic carbocycles. The van der Waals surface area contributed by atoms with Crippen molar-refractivity contribution in [1.82, 2.24) is 10.2 Å². The van der Waals surface area contributed by atoms with E-state index in [-0.39, 0.29) is 12.1 Å². The molecule has 26 heavy (non-hydrogen) atoms. The van der Waals surface area contributed by atoms with Crippen molar-refractivity contribution in [2.75, 3.05) is 27.3 Å². The fourth-order valence-electron chi connectivity index (χ4n) is 3.56. The molecule has 0 saturated carbocycles. The maximum absolute atomic E-state index is 12.7. The summed E-state index contributed by atoms with van der Waals surface area (Å²) in [5, 5.41) is 5.20. The van der Waals surface area contributed by atoms with Crippen LogP contribution in [0.5, 0.6) is 11.5 Å². The van der Waals surface area contributed by atoms with Crippen LogP contribution >= 0.6 is 11.3 Å². The number of nitrogens with zero attached hydrogens (tertiary/aromatic N) is 1. The first-order chi connectivity index (χ1) is 12.7. The number of carbonyl (C=O) groups is 1. The lowest BCUT2D eigenvalue weighted by Gasteiger charge is -2.35. The molecule has 0 fully saturated rings. The van der Waals surface area contributed by atoms with E-state index in [0.717, 1.165) is 36.4 Å². The minimum Gasteiger partial charge on any atom is -0.497 e. The number of fused-ring (bicyclic) bond motifs is 1. The van der Waals surface area contributed by atoms with Crippen LogP contribution in [-0.2, 0) is 12.8 Å². The second kappa shape index (κ2) is 8.45. The summed E-state index contributed by atoms with van der Waals surface area (Å²) in [5.41, 5.74) is 2.34. The molecule has 1 atom stereocenters. The molecule has 3 rings (SSSR count). The van der Waals surface area contributed by atoms with Crippen molar-refractivity contribution >= 4 is 17.4 Å². The van der Waals surface area contributed by atoms with Crippen molar-refractivity contribution in [3.05, 3.63) is 45.6 Å². The molecule has 1 unspecified atom stereocenters. The SMILES string of the molecule is CCC1c2ccsc2CCN1C(=O)NCCc1cc(OC)ccc1OC. The zero-order chi connectivity index (χ0) is 18.5. The van der Waals surface area contributed by atoms with Gasteiger partial charge in [0.05, 0.1) is 20.3 Å². The summed E-state index contributed by atoms with van der Waals surface area (Å²) in [6, 6.07) is 8.07. The Morgan fingerprint density at radius 3 is 2.88 bits per heavy atom. The topological polar surface area (TPSA) is 50.8 Å². The Bertz CT molecular complexity index is 759. The first-order valence-corrected chi connectivity index (χ1v) is 9.87. The van der Waals surface area contributed by atoms with Crippen molar-refractivity contribution in [1.29, 1.82) is 0 Å². The predicted octanol–water partition coefficient (Wildman–Crippen LogP) is 4.03. The van der Waals surface area contributed by atoms with Gasteiger partial charge in [0.15, 0.2) is 0 Å². The van der Waals surface area contributed by atoms with E-state index in [9.17, 15) is 4.79 Å². The van der Waals surface area contributed by atoms with E-state index in [1.54, 1.807) is 25.6 Å². The monoisotopic (exact) mass is 374 g/mol. The number of nitrogens with one attached hydrogen (secondary N) is 1. The van der Waals surface area contributed by atoms with Gasteiger partial charge in [0.1, 0.15) is 11.5 Å². The molecule has 1 aromatic heterocycles. The van der Waals surface area contributed by atoms with Gasteiger partial charge in [0.25, 0.3) is 0 Å². The van der Waals surface area contributed by atoms with Crippen LogP contribution in [0, 0.1) is 0 Å². The average molecular weight is 375 g/mol. The van der Waals surface area contributed by atoms with Crippen LogP contribution < -0.4 is 14.8 Å². The number of benzene rings is 1. The summed E-state index contributed by atoms with van der Waals surface area (Å²) in [6.45, 7) is 3.48. The molecule has 0 spiro atoms. The number of rotatable bonds is 6. The molecule has 0 saturated heterocycles. The smallest absolute Gasteiger partial charge is 0.317 e. The molecule has 0 aliphatic carbocycles. The van der Waals surface area contributed by atoms with Crippen LogP contribution in [0.1, 0.15) is 35.4 Å². The highest BCUT2D eigenvalue weighted by atomic mass is 32.1. The van der Waals surface area contributed by atoms with Crippen molar-refractivity contribution in [3.63, 3.8) is 0 Å². The van der Waals surface area contributed by atoms with E-state index in [1.807, 2.05) is 23.1 Å². The quantitative estimate of drug-likeness (QED) is 0.831. The van der Waals surface area contributed by atoms with Crippen LogP contribution in [0.3, 0.4) is 0 Å². The first kappa shape index (κ1) is 18.6. The Morgan fingerprint density at radius 1 is 1.31 bits per heavy atom. The third-order valence-electron chi connectivity index (χ3n) is 4.90. The van der Waals surface area contributed by atoms with Gasteiger partial charge in [-0.15, -0.1) is 11.3 Å². The van der Waals surface area contributed by atoms with Crippen LogP contribution in [-0.4, -0.2) is 38.2 Å². The third kappa shape index (κ3) is 3.80. The maximum Gasteiger partial charge on any atom is 0.317 e. The van der Waals surface area contributed by atoms with Crippen LogP contribution in [0.2, 0.25) is 0 Å². The summed E-state index contributed by atoms with van der Waals surface area (Å²) in [5.74, 6) is 1.60. The molecular formula is C20H26N2O3S. The standard InChI is InChI=1S/C20H26N2O3S/c1-4-17-16-9-12-26-19(16)8-11-22(17)20(23)21-10-7-14-13-15(24-2)5-6-18(14)25-3/h5-6,9,12-13,17H,4,7-8,10-11H2,1-3H3,(H,21,23). The van der Waals surface area contributed by atoms with Crippen molar-refractivity contribution < 1.29 is 14.3 Å². The Morgan fingerprint density at radius 2 is 2.15 bits per heavy atom. The number of hydrogen-bond acceptors (Lipinski definition) is 4. The Labute approximate surface area is 158 Å².